The van der Waals surface area contributed by atoms with Crippen molar-refractivity contribution in [3.05, 3.63) is 59.1 Å². The maximum Gasteiger partial charge on any atom is 0.202 e. The summed E-state index contributed by atoms with van der Waals surface area (Å²) in [5, 5.41) is 10.4. The molecule has 0 saturated heterocycles. The van der Waals surface area contributed by atoms with Gasteiger partial charge in [0.25, 0.3) is 0 Å². The summed E-state index contributed by atoms with van der Waals surface area (Å²) in [6.07, 6.45) is 0. The second-order valence-corrected chi connectivity index (χ2v) is 5.31. The molecule has 3 nitrogen and oxygen atoms in total. The number of benzene rings is 2. The number of rotatable bonds is 2. The summed E-state index contributed by atoms with van der Waals surface area (Å²) in [5.41, 5.74) is 8.03. The first-order chi connectivity index (χ1) is 9.66. The predicted octanol–water partition coefficient (Wildman–Crippen LogP) is 4.66. The van der Waals surface area contributed by atoms with E-state index in [9.17, 15) is 5.11 Å². The Bertz CT molecular complexity index is 750. The monoisotopic (exact) mass is 329 g/mol. The molecule has 20 heavy (non-hydrogen) atoms. The highest BCUT2D eigenvalue weighted by atomic mass is 79.9. The van der Waals surface area contributed by atoms with Crippen molar-refractivity contribution < 1.29 is 9.52 Å². The van der Waals surface area contributed by atoms with E-state index < -0.39 is 0 Å². The molecule has 0 atom stereocenters. The number of nitrogens with two attached hydrogens (primary N) is 1. The molecule has 100 valence electrons. The van der Waals surface area contributed by atoms with Crippen molar-refractivity contribution in [2.24, 2.45) is 0 Å². The van der Waals surface area contributed by atoms with Crippen LogP contribution in [0, 0.1) is 0 Å². The Morgan fingerprint density at radius 2 is 1.65 bits per heavy atom. The van der Waals surface area contributed by atoms with E-state index >= 15 is 0 Å². The zero-order valence-electron chi connectivity index (χ0n) is 10.5. The van der Waals surface area contributed by atoms with E-state index in [-0.39, 0.29) is 11.6 Å². The van der Waals surface area contributed by atoms with Crippen LogP contribution in [0.5, 0.6) is 5.75 Å². The molecule has 1 aromatic heterocycles. The fraction of sp³-hybridized carbons (Fsp3) is 0. The summed E-state index contributed by atoms with van der Waals surface area (Å²) >= 11 is 3.41. The number of anilines is 1. The van der Waals surface area contributed by atoms with Crippen molar-refractivity contribution in [1.29, 1.82) is 0 Å². The third-order valence-corrected chi connectivity index (χ3v) is 3.55. The van der Waals surface area contributed by atoms with Crippen LogP contribution in [-0.2, 0) is 0 Å². The molecule has 3 rings (SSSR count). The van der Waals surface area contributed by atoms with Gasteiger partial charge >= 0.3 is 0 Å². The lowest BCUT2D eigenvalue weighted by molar-refractivity contribution is 0.467. The lowest BCUT2D eigenvalue weighted by atomic mass is 10.1. The molecule has 0 saturated carbocycles. The highest BCUT2D eigenvalue weighted by molar-refractivity contribution is 9.10. The Kier molecular flexibility index (Phi) is 3.24. The number of aromatic hydroxyl groups is 1. The topological polar surface area (TPSA) is 59.4 Å². The number of hydrogen-bond acceptors (Lipinski definition) is 3. The van der Waals surface area contributed by atoms with Gasteiger partial charge in [-0.05, 0) is 17.7 Å². The van der Waals surface area contributed by atoms with E-state index in [4.69, 9.17) is 10.2 Å². The average molecular weight is 330 g/mol. The van der Waals surface area contributed by atoms with Crippen LogP contribution in [-0.4, -0.2) is 5.11 Å². The van der Waals surface area contributed by atoms with Crippen molar-refractivity contribution in [3.63, 3.8) is 0 Å². The Morgan fingerprint density at radius 1 is 0.950 bits per heavy atom. The van der Waals surface area contributed by atoms with Gasteiger partial charge in [0.2, 0.25) is 5.88 Å². The van der Waals surface area contributed by atoms with Gasteiger partial charge in [0.15, 0.2) is 11.5 Å². The second kappa shape index (κ2) is 5.06. The molecule has 0 aliphatic rings. The Morgan fingerprint density at radius 3 is 2.35 bits per heavy atom. The van der Waals surface area contributed by atoms with Crippen LogP contribution in [0.15, 0.2) is 63.5 Å². The summed E-state index contributed by atoms with van der Waals surface area (Å²) in [6.45, 7) is 0. The molecule has 2 aromatic carbocycles. The largest absolute Gasteiger partial charge is 0.504 e. The molecule has 3 N–H and O–H groups in total. The van der Waals surface area contributed by atoms with Crippen LogP contribution in [0.3, 0.4) is 0 Å². The lowest BCUT2D eigenvalue weighted by Gasteiger charge is -2.01. The molecule has 0 radical (unpaired) electrons. The van der Waals surface area contributed by atoms with Gasteiger partial charge in [-0.25, -0.2) is 0 Å². The first kappa shape index (κ1) is 12.8. The average Bonchev–Trinajstić information content (AvgIpc) is 2.75. The zero-order chi connectivity index (χ0) is 14.1. The van der Waals surface area contributed by atoms with Crippen LogP contribution < -0.4 is 5.73 Å². The molecule has 1 heterocycles. The Hall–Kier alpha value is -2.20. The molecule has 0 spiro atoms. The fourth-order valence-electron chi connectivity index (χ4n) is 2.15. The first-order valence-corrected chi connectivity index (χ1v) is 6.88. The summed E-state index contributed by atoms with van der Waals surface area (Å²) in [7, 11) is 0. The Balaban J connectivity index is 2.17. The normalized spacial score (nSPS) is 10.7. The number of nitrogen functional groups attached to an aromatic ring is 1. The van der Waals surface area contributed by atoms with Crippen molar-refractivity contribution in [1.82, 2.24) is 0 Å². The van der Waals surface area contributed by atoms with Crippen LogP contribution >= 0.6 is 15.9 Å². The predicted molar refractivity (Wildman–Crippen MR) is 83.4 cm³/mol. The third kappa shape index (κ3) is 2.18. The molecule has 0 bridgehead atoms. The second-order valence-electron chi connectivity index (χ2n) is 4.40. The van der Waals surface area contributed by atoms with Gasteiger partial charge in [0.1, 0.15) is 0 Å². The molecular weight excluding hydrogens is 318 g/mol. The molecule has 0 aliphatic heterocycles. The van der Waals surface area contributed by atoms with E-state index in [0.29, 0.717) is 11.3 Å². The summed E-state index contributed by atoms with van der Waals surface area (Å²) in [5.74, 6) is 0.657. The minimum absolute atomic E-state index is 0.0619. The molecule has 0 aliphatic carbocycles. The van der Waals surface area contributed by atoms with Gasteiger partial charge in [-0.3, -0.25) is 0 Å². The number of halogens is 1. The van der Waals surface area contributed by atoms with Crippen LogP contribution in [0.1, 0.15) is 0 Å². The van der Waals surface area contributed by atoms with Gasteiger partial charge in [0, 0.05) is 10.0 Å². The molecule has 4 heteroatoms. The number of hydrogen-bond donors (Lipinski definition) is 2. The van der Waals surface area contributed by atoms with Crippen LogP contribution in [0.4, 0.5) is 5.88 Å². The fourth-order valence-corrected chi connectivity index (χ4v) is 2.55. The molecule has 0 fully saturated rings. The molecule has 3 aromatic rings. The highest BCUT2D eigenvalue weighted by Gasteiger charge is 2.20. The van der Waals surface area contributed by atoms with Gasteiger partial charge in [0.05, 0.1) is 5.56 Å². The Labute approximate surface area is 124 Å². The molecule has 0 unspecified atom stereocenters. The third-order valence-electron chi connectivity index (χ3n) is 3.06. The smallest absolute Gasteiger partial charge is 0.202 e. The van der Waals surface area contributed by atoms with Gasteiger partial charge in [-0.2, -0.15) is 0 Å². The van der Waals surface area contributed by atoms with E-state index in [1.54, 1.807) is 0 Å². The standard InChI is InChI=1S/C16H12BrNO2/c17-12-8-4-7-11(9-12)13-14(19)15(20-16(13)18)10-5-2-1-3-6-10/h1-9,19H,18H2. The van der Waals surface area contributed by atoms with E-state index in [1.165, 1.54) is 0 Å². The van der Waals surface area contributed by atoms with Crippen LogP contribution in [0.25, 0.3) is 22.5 Å². The quantitative estimate of drug-likeness (QED) is 0.718. The van der Waals surface area contributed by atoms with Crippen molar-refractivity contribution in [3.8, 4) is 28.2 Å². The zero-order valence-corrected chi connectivity index (χ0v) is 12.1. The van der Waals surface area contributed by atoms with Gasteiger partial charge in [-0.15, -0.1) is 0 Å². The minimum Gasteiger partial charge on any atom is -0.504 e. The maximum atomic E-state index is 10.4. The van der Waals surface area contributed by atoms with Crippen molar-refractivity contribution in [2.75, 3.05) is 5.73 Å². The SMILES string of the molecule is Nc1oc(-c2ccccc2)c(O)c1-c1cccc(Br)c1. The van der Waals surface area contributed by atoms with Crippen LogP contribution in [0.2, 0.25) is 0 Å². The van der Waals surface area contributed by atoms with Gasteiger partial charge in [-0.1, -0.05) is 58.4 Å². The van der Waals surface area contributed by atoms with Gasteiger partial charge < -0.3 is 15.3 Å². The van der Waals surface area contributed by atoms with Crippen molar-refractivity contribution >= 4 is 21.8 Å². The van der Waals surface area contributed by atoms with E-state index in [1.807, 2.05) is 54.6 Å². The minimum atomic E-state index is 0.0619. The molecule has 0 amide bonds. The first-order valence-electron chi connectivity index (χ1n) is 6.09. The van der Waals surface area contributed by atoms with E-state index in [2.05, 4.69) is 15.9 Å². The molecular formula is C16H12BrNO2. The summed E-state index contributed by atoms with van der Waals surface area (Å²) < 4.78 is 6.45. The maximum absolute atomic E-state index is 10.4. The number of furan rings is 1. The lowest BCUT2D eigenvalue weighted by Crippen LogP contribution is -1.84. The summed E-state index contributed by atoms with van der Waals surface area (Å²) in [6, 6.07) is 16.9. The van der Waals surface area contributed by atoms with E-state index in [0.717, 1.165) is 15.6 Å². The summed E-state index contributed by atoms with van der Waals surface area (Å²) in [4.78, 5) is 0. The van der Waals surface area contributed by atoms with Crippen molar-refractivity contribution in [2.45, 2.75) is 0 Å². The highest BCUT2D eigenvalue weighted by Crippen LogP contribution is 2.45.